The molecule has 2 aromatic carbocycles. The van der Waals surface area contributed by atoms with Crippen molar-refractivity contribution >= 4 is 16.7 Å². The predicted molar refractivity (Wildman–Crippen MR) is 133 cm³/mol. The largest absolute Gasteiger partial charge is 0.332 e. The first kappa shape index (κ1) is 22.0. The van der Waals surface area contributed by atoms with E-state index in [0.29, 0.717) is 23.0 Å². The molecule has 34 heavy (non-hydrogen) atoms. The summed E-state index contributed by atoms with van der Waals surface area (Å²) in [5.41, 5.74) is 0.425. The first-order chi connectivity index (χ1) is 16.7. The molecule has 2 aromatic heterocycles. The summed E-state index contributed by atoms with van der Waals surface area (Å²) in [5, 5.41) is 0.932. The highest BCUT2D eigenvalue weighted by atomic mass is 16.2. The number of anilines is 1. The van der Waals surface area contributed by atoms with Crippen LogP contribution in [0.3, 0.4) is 0 Å². The quantitative estimate of drug-likeness (QED) is 0.421. The second-order valence-electron chi connectivity index (χ2n) is 8.67. The number of rotatable bonds is 7. The molecule has 8 nitrogen and oxygen atoms in total. The highest BCUT2D eigenvalue weighted by molar-refractivity contribution is 5.80. The Morgan fingerprint density at radius 1 is 0.765 bits per heavy atom. The average Bonchev–Trinajstić information content (AvgIpc) is 2.90. The molecule has 8 heteroatoms. The molecule has 0 atom stereocenters. The zero-order chi connectivity index (χ0) is 23.3. The Balaban J connectivity index is 1.27. The average molecular weight is 458 g/mol. The predicted octanol–water partition coefficient (Wildman–Crippen LogP) is 1.13. The Morgan fingerprint density at radius 2 is 1.41 bits per heavy atom. The summed E-state index contributed by atoms with van der Waals surface area (Å²) in [4.78, 5) is 39.1. The maximum Gasteiger partial charge on any atom is 0.278 e. The van der Waals surface area contributed by atoms with Gasteiger partial charge in [0.2, 0.25) is 5.95 Å². The van der Waals surface area contributed by atoms with Gasteiger partial charge in [0.25, 0.3) is 11.1 Å². The summed E-state index contributed by atoms with van der Waals surface area (Å²) in [6, 6.07) is 18.3. The van der Waals surface area contributed by atoms with Gasteiger partial charge in [-0.1, -0.05) is 30.3 Å². The fourth-order valence-electron chi connectivity index (χ4n) is 4.70. The molecule has 1 N–H and O–H groups in total. The van der Waals surface area contributed by atoms with Crippen LogP contribution < -0.4 is 20.9 Å². The fourth-order valence-corrected chi connectivity index (χ4v) is 4.70. The summed E-state index contributed by atoms with van der Waals surface area (Å²) in [6.45, 7) is 5.52. The van der Waals surface area contributed by atoms with E-state index in [1.807, 2.05) is 42.5 Å². The van der Waals surface area contributed by atoms with Crippen LogP contribution in [0, 0.1) is 0 Å². The SMILES string of the molecule is O=c1c2ccccc2c(=O)n(-c2ccccc2)n1CCCC[NH+]1CCN(c2ncccn2)CC1. The Labute approximate surface area is 197 Å². The number of benzene rings is 2. The minimum Gasteiger partial charge on any atom is -0.332 e. The van der Waals surface area contributed by atoms with Gasteiger partial charge in [-0.05, 0) is 43.2 Å². The zero-order valence-corrected chi connectivity index (χ0v) is 19.1. The van der Waals surface area contributed by atoms with Crippen LogP contribution in [-0.2, 0) is 6.54 Å². The van der Waals surface area contributed by atoms with Gasteiger partial charge >= 0.3 is 0 Å². The summed E-state index contributed by atoms with van der Waals surface area (Å²) in [7, 11) is 0. The van der Waals surface area contributed by atoms with Crippen LogP contribution in [0.25, 0.3) is 16.5 Å². The Morgan fingerprint density at radius 3 is 2.12 bits per heavy atom. The van der Waals surface area contributed by atoms with Gasteiger partial charge in [0.1, 0.15) is 0 Å². The minimum absolute atomic E-state index is 0.122. The lowest BCUT2D eigenvalue weighted by Gasteiger charge is -2.32. The molecular weight excluding hydrogens is 428 g/mol. The van der Waals surface area contributed by atoms with Crippen molar-refractivity contribution in [3.05, 3.63) is 93.8 Å². The number of hydrogen-bond donors (Lipinski definition) is 1. The third kappa shape index (κ3) is 4.49. The van der Waals surface area contributed by atoms with E-state index in [-0.39, 0.29) is 11.1 Å². The van der Waals surface area contributed by atoms with E-state index >= 15 is 0 Å². The van der Waals surface area contributed by atoms with E-state index in [2.05, 4.69) is 14.9 Å². The van der Waals surface area contributed by atoms with Gasteiger partial charge in [-0.25, -0.2) is 19.3 Å². The zero-order valence-electron chi connectivity index (χ0n) is 19.1. The van der Waals surface area contributed by atoms with Crippen LogP contribution in [0.4, 0.5) is 5.95 Å². The molecule has 1 aliphatic rings. The highest BCUT2D eigenvalue weighted by Crippen LogP contribution is 2.10. The van der Waals surface area contributed by atoms with Crippen LogP contribution in [0.5, 0.6) is 0 Å². The van der Waals surface area contributed by atoms with E-state index in [1.165, 1.54) is 4.68 Å². The molecule has 4 aromatic rings. The van der Waals surface area contributed by atoms with E-state index in [1.54, 1.807) is 40.2 Å². The van der Waals surface area contributed by atoms with Gasteiger partial charge in [-0.15, -0.1) is 0 Å². The highest BCUT2D eigenvalue weighted by Gasteiger charge is 2.21. The van der Waals surface area contributed by atoms with Crippen LogP contribution in [0.15, 0.2) is 82.6 Å². The van der Waals surface area contributed by atoms with Crippen molar-refractivity contribution in [3.8, 4) is 5.69 Å². The van der Waals surface area contributed by atoms with Crippen molar-refractivity contribution in [3.63, 3.8) is 0 Å². The molecule has 1 aliphatic heterocycles. The van der Waals surface area contributed by atoms with Gasteiger partial charge in [0.05, 0.1) is 49.2 Å². The summed E-state index contributed by atoms with van der Waals surface area (Å²) in [6.07, 6.45) is 5.38. The molecule has 0 amide bonds. The van der Waals surface area contributed by atoms with E-state index in [0.717, 1.165) is 51.5 Å². The van der Waals surface area contributed by atoms with Gasteiger partial charge in [0.15, 0.2) is 0 Å². The number of nitrogens with one attached hydrogen (secondary N) is 1. The molecule has 174 valence electrons. The van der Waals surface area contributed by atoms with Crippen molar-refractivity contribution in [2.45, 2.75) is 19.4 Å². The van der Waals surface area contributed by atoms with Gasteiger partial charge in [0, 0.05) is 18.9 Å². The monoisotopic (exact) mass is 457 g/mol. The summed E-state index contributed by atoms with van der Waals surface area (Å²) in [5.74, 6) is 0.802. The molecule has 1 fully saturated rings. The van der Waals surface area contributed by atoms with Crippen LogP contribution in [0.1, 0.15) is 12.8 Å². The molecule has 3 heterocycles. The molecule has 0 radical (unpaired) electrons. The molecule has 1 saturated heterocycles. The Hall–Kier alpha value is -3.78. The first-order valence-corrected chi connectivity index (χ1v) is 11.9. The fraction of sp³-hybridized carbons (Fsp3) is 0.308. The van der Waals surface area contributed by atoms with Crippen molar-refractivity contribution in [1.29, 1.82) is 0 Å². The lowest BCUT2D eigenvalue weighted by Crippen LogP contribution is -3.14. The van der Waals surface area contributed by atoms with E-state index < -0.39 is 0 Å². The van der Waals surface area contributed by atoms with E-state index in [9.17, 15) is 9.59 Å². The van der Waals surface area contributed by atoms with E-state index in [4.69, 9.17) is 0 Å². The molecular formula is C26H29N6O2+. The van der Waals surface area contributed by atoms with Crippen molar-refractivity contribution in [2.75, 3.05) is 37.6 Å². The third-order valence-corrected chi connectivity index (χ3v) is 6.51. The molecule has 5 rings (SSSR count). The first-order valence-electron chi connectivity index (χ1n) is 11.9. The number of nitrogens with zero attached hydrogens (tertiary/aromatic N) is 5. The van der Waals surface area contributed by atoms with Gasteiger partial charge in [-0.3, -0.25) is 9.59 Å². The maximum absolute atomic E-state index is 13.3. The number of unbranched alkanes of at least 4 members (excludes halogenated alkanes) is 1. The van der Waals surface area contributed by atoms with Crippen LogP contribution in [-0.4, -0.2) is 52.1 Å². The van der Waals surface area contributed by atoms with Crippen LogP contribution in [0.2, 0.25) is 0 Å². The molecule has 0 bridgehead atoms. The minimum atomic E-state index is -0.161. The molecule has 0 spiro atoms. The summed E-state index contributed by atoms with van der Waals surface area (Å²) >= 11 is 0. The number of fused-ring (bicyclic) bond motifs is 1. The number of para-hydroxylation sites is 1. The lowest BCUT2D eigenvalue weighted by molar-refractivity contribution is -0.900. The normalized spacial score (nSPS) is 14.5. The lowest BCUT2D eigenvalue weighted by atomic mass is 10.2. The van der Waals surface area contributed by atoms with Crippen molar-refractivity contribution in [1.82, 2.24) is 19.3 Å². The second kappa shape index (κ2) is 10.0. The number of piperazine rings is 1. The topological polar surface area (TPSA) is 77.5 Å². The molecule has 0 aliphatic carbocycles. The smallest absolute Gasteiger partial charge is 0.278 e. The Kier molecular flexibility index (Phi) is 6.49. The number of aromatic nitrogens is 4. The maximum atomic E-state index is 13.3. The second-order valence-corrected chi connectivity index (χ2v) is 8.67. The van der Waals surface area contributed by atoms with Crippen LogP contribution >= 0.6 is 0 Å². The van der Waals surface area contributed by atoms with Crippen molar-refractivity contribution < 1.29 is 4.90 Å². The van der Waals surface area contributed by atoms with Gasteiger partial charge < -0.3 is 9.80 Å². The van der Waals surface area contributed by atoms with Gasteiger partial charge in [-0.2, -0.15) is 0 Å². The standard InChI is InChI=1S/C26H28N6O2/c33-24-22-11-4-5-12-23(22)25(34)32(21-9-2-1-3-10-21)31(24)16-7-6-15-29-17-19-30(20-18-29)26-27-13-8-14-28-26/h1-5,8-14H,6-7,15-20H2/p+1. The number of quaternary nitrogens is 1. The molecule has 0 unspecified atom stereocenters. The van der Waals surface area contributed by atoms with Crippen molar-refractivity contribution in [2.24, 2.45) is 0 Å². The third-order valence-electron chi connectivity index (χ3n) is 6.51. The Bertz CT molecular complexity index is 1360. The molecule has 0 saturated carbocycles. The summed E-state index contributed by atoms with van der Waals surface area (Å²) < 4.78 is 3.15. The number of hydrogen-bond acceptors (Lipinski definition) is 5.